The van der Waals surface area contributed by atoms with Crippen LogP contribution in [0, 0.1) is 5.92 Å². The van der Waals surface area contributed by atoms with Crippen molar-refractivity contribution in [2.45, 2.75) is 32.9 Å². The lowest BCUT2D eigenvalue weighted by molar-refractivity contribution is 0.181. The summed E-state index contributed by atoms with van der Waals surface area (Å²) in [4.78, 5) is 4.46. The number of rotatable bonds is 5. The Labute approximate surface area is 112 Å². The van der Waals surface area contributed by atoms with Gasteiger partial charge in [0.1, 0.15) is 11.9 Å². The zero-order valence-corrected chi connectivity index (χ0v) is 11.4. The molecule has 1 aromatic carbocycles. The van der Waals surface area contributed by atoms with E-state index in [-0.39, 0.29) is 6.61 Å². The van der Waals surface area contributed by atoms with E-state index in [9.17, 15) is 5.11 Å². The number of fused-ring (bicyclic) bond motifs is 1. The molecule has 0 saturated heterocycles. The molecule has 2 unspecified atom stereocenters. The van der Waals surface area contributed by atoms with E-state index in [1.165, 1.54) is 0 Å². The average Bonchev–Trinajstić information content (AvgIpc) is 2.67. The van der Waals surface area contributed by atoms with E-state index in [1.807, 2.05) is 22.8 Å². The maximum Gasteiger partial charge on any atom is 0.138 e. The zero-order valence-electron chi connectivity index (χ0n) is 11.4. The maximum atomic E-state index is 9.85. The Morgan fingerprint density at radius 2 is 2.11 bits per heavy atom. The standard InChI is InChI=1S/C14H21N3O2/c1-9(5-6-18)8-17-13-4-3-11(15)7-12(13)16-14(17)10(2)19/h3-4,7,9-10,18-19H,5-6,8,15H2,1-2H3. The first-order chi connectivity index (χ1) is 9.02. The molecule has 0 saturated carbocycles. The number of hydrogen-bond donors (Lipinski definition) is 3. The van der Waals surface area contributed by atoms with Crippen LogP contribution in [0.3, 0.4) is 0 Å². The smallest absolute Gasteiger partial charge is 0.138 e. The van der Waals surface area contributed by atoms with Crippen molar-refractivity contribution in [3.05, 3.63) is 24.0 Å². The van der Waals surface area contributed by atoms with Crippen molar-refractivity contribution in [1.29, 1.82) is 0 Å². The Morgan fingerprint density at radius 1 is 1.37 bits per heavy atom. The van der Waals surface area contributed by atoms with E-state index in [0.717, 1.165) is 24.0 Å². The molecule has 0 aliphatic heterocycles. The van der Waals surface area contributed by atoms with Crippen molar-refractivity contribution < 1.29 is 10.2 Å². The minimum Gasteiger partial charge on any atom is -0.399 e. The molecule has 0 fully saturated rings. The fraction of sp³-hybridized carbons (Fsp3) is 0.500. The molecule has 0 aliphatic carbocycles. The van der Waals surface area contributed by atoms with Crippen LogP contribution in [0.25, 0.3) is 11.0 Å². The summed E-state index contributed by atoms with van der Waals surface area (Å²) in [7, 11) is 0. The number of hydrogen-bond acceptors (Lipinski definition) is 4. The van der Waals surface area contributed by atoms with Gasteiger partial charge in [0.05, 0.1) is 11.0 Å². The molecule has 104 valence electrons. The molecule has 1 aromatic heterocycles. The second-order valence-electron chi connectivity index (χ2n) is 5.12. The normalized spacial score (nSPS) is 14.7. The predicted octanol–water partition coefficient (Wildman–Crippen LogP) is 1.69. The van der Waals surface area contributed by atoms with E-state index < -0.39 is 6.10 Å². The minimum atomic E-state index is -0.630. The molecule has 5 nitrogen and oxygen atoms in total. The first-order valence-electron chi connectivity index (χ1n) is 6.57. The van der Waals surface area contributed by atoms with Gasteiger partial charge in [-0.05, 0) is 37.5 Å². The van der Waals surface area contributed by atoms with Crippen molar-refractivity contribution in [3.63, 3.8) is 0 Å². The molecule has 1 heterocycles. The van der Waals surface area contributed by atoms with Gasteiger partial charge in [-0.2, -0.15) is 0 Å². The number of imidazole rings is 1. The van der Waals surface area contributed by atoms with Crippen LogP contribution < -0.4 is 5.73 Å². The molecule has 0 aliphatic rings. The van der Waals surface area contributed by atoms with Crippen molar-refractivity contribution >= 4 is 16.7 Å². The van der Waals surface area contributed by atoms with Gasteiger partial charge in [0.2, 0.25) is 0 Å². The van der Waals surface area contributed by atoms with Gasteiger partial charge in [-0.25, -0.2) is 4.98 Å². The quantitative estimate of drug-likeness (QED) is 0.717. The highest BCUT2D eigenvalue weighted by Gasteiger charge is 2.16. The van der Waals surface area contributed by atoms with Gasteiger partial charge in [0.15, 0.2) is 0 Å². The molecule has 5 heteroatoms. The summed E-state index contributed by atoms with van der Waals surface area (Å²) in [6, 6.07) is 5.58. The Morgan fingerprint density at radius 3 is 2.74 bits per heavy atom. The molecule has 19 heavy (non-hydrogen) atoms. The first-order valence-corrected chi connectivity index (χ1v) is 6.57. The summed E-state index contributed by atoms with van der Waals surface area (Å²) in [5, 5.41) is 18.9. The van der Waals surface area contributed by atoms with Crippen molar-refractivity contribution in [2.75, 3.05) is 12.3 Å². The lowest BCUT2D eigenvalue weighted by Gasteiger charge is -2.15. The molecule has 4 N–H and O–H groups in total. The van der Waals surface area contributed by atoms with Gasteiger partial charge in [-0.1, -0.05) is 6.92 Å². The highest BCUT2D eigenvalue weighted by molar-refractivity contribution is 5.79. The third-order valence-electron chi connectivity index (χ3n) is 3.29. The first kappa shape index (κ1) is 13.8. The Bertz CT molecular complexity index is 563. The molecular formula is C14H21N3O2. The van der Waals surface area contributed by atoms with Crippen LogP contribution >= 0.6 is 0 Å². The third-order valence-corrected chi connectivity index (χ3v) is 3.29. The number of benzene rings is 1. The molecule has 2 aromatic rings. The van der Waals surface area contributed by atoms with Gasteiger partial charge in [-0.3, -0.25) is 0 Å². The number of nitrogen functional groups attached to an aromatic ring is 1. The molecule has 0 bridgehead atoms. The summed E-state index contributed by atoms with van der Waals surface area (Å²) >= 11 is 0. The van der Waals surface area contributed by atoms with E-state index in [0.29, 0.717) is 17.4 Å². The van der Waals surface area contributed by atoms with E-state index >= 15 is 0 Å². The summed E-state index contributed by atoms with van der Waals surface area (Å²) in [5.41, 5.74) is 8.19. The Kier molecular flexibility index (Phi) is 4.07. The fourth-order valence-electron chi connectivity index (χ4n) is 2.30. The SMILES string of the molecule is CC(CCO)Cn1c(C(C)O)nc2cc(N)ccc21. The van der Waals surface area contributed by atoms with Crippen molar-refractivity contribution in [3.8, 4) is 0 Å². The van der Waals surface area contributed by atoms with E-state index in [4.69, 9.17) is 10.8 Å². The lowest BCUT2D eigenvalue weighted by atomic mass is 10.1. The summed E-state index contributed by atoms with van der Waals surface area (Å²) in [6.45, 7) is 4.68. The second-order valence-corrected chi connectivity index (χ2v) is 5.12. The molecule has 0 spiro atoms. The summed E-state index contributed by atoms with van der Waals surface area (Å²) < 4.78 is 2.01. The van der Waals surface area contributed by atoms with Gasteiger partial charge in [0, 0.05) is 18.8 Å². The fourth-order valence-corrected chi connectivity index (χ4v) is 2.30. The number of aliphatic hydroxyl groups is 2. The van der Waals surface area contributed by atoms with Gasteiger partial charge < -0.3 is 20.5 Å². The Balaban J connectivity index is 2.46. The predicted molar refractivity (Wildman–Crippen MR) is 75.6 cm³/mol. The maximum absolute atomic E-state index is 9.85. The van der Waals surface area contributed by atoms with Crippen LogP contribution in [0.1, 0.15) is 32.2 Å². The van der Waals surface area contributed by atoms with Gasteiger partial charge >= 0.3 is 0 Å². The molecular weight excluding hydrogens is 242 g/mol. The number of nitrogens with two attached hydrogens (primary N) is 1. The third kappa shape index (κ3) is 2.88. The highest BCUT2D eigenvalue weighted by Crippen LogP contribution is 2.24. The largest absolute Gasteiger partial charge is 0.399 e. The van der Waals surface area contributed by atoms with Gasteiger partial charge in [0.25, 0.3) is 0 Å². The molecule has 2 rings (SSSR count). The van der Waals surface area contributed by atoms with Crippen LogP contribution in [0.4, 0.5) is 5.69 Å². The minimum absolute atomic E-state index is 0.171. The van der Waals surface area contributed by atoms with Crippen LogP contribution in [0.2, 0.25) is 0 Å². The number of aliphatic hydroxyl groups excluding tert-OH is 2. The van der Waals surface area contributed by atoms with E-state index in [2.05, 4.69) is 11.9 Å². The van der Waals surface area contributed by atoms with E-state index in [1.54, 1.807) is 6.92 Å². The number of nitrogens with zero attached hydrogens (tertiary/aromatic N) is 2. The Hall–Kier alpha value is -1.59. The lowest BCUT2D eigenvalue weighted by Crippen LogP contribution is -2.13. The number of anilines is 1. The molecule has 0 radical (unpaired) electrons. The zero-order chi connectivity index (χ0) is 14.0. The van der Waals surface area contributed by atoms with Gasteiger partial charge in [-0.15, -0.1) is 0 Å². The molecule has 2 atom stereocenters. The van der Waals surface area contributed by atoms with Crippen LogP contribution in [-0.2, 0) is 6.54 Å². The van der Waals surface area contributed by atoms with Crippen LogP contribution in [0.15, 0.2) is 18.2 Å². The van der Waals surface area contributed by atoms with Crippen molar-refractivity contribution in [1.82, 2.24) is 9.55 Å². The monoisotopic (exact) mass is 263 g/mol. The molecule has 0 amide bonds. The highest BCUT2D eigenvalue weighted by atomic mass is 16.3. The average molecular weight is 263 g/mol. The van der Waals surface area contributed by atoms with Crippen LogP contribution in [-0.4, -0.2) is 26.4 Å². The van der Waals surface area contributed by atoms with Crippen LogP contribution in [0.5, 0.6) is 0 Å². The second kappa shape index (κ2) is 5.59. The summed E-state index contributed by atoms with van der Waals surface area (Å²) in [6.07, 6.45) is 0.100. The number of aromatic nitrogens is 2. The van der Waals surface area contributed by atoms with Crippen molar-refractivity contribution in [2.24, 2.45) is 5.92 Å². The summed E-state index contributed by atoms with van der Waals surface area (Å²) in [5.74, 6) is 0.961. The topological polar surface area (TPSA) is 84.3 Å².